The summed E-state index contributed by atoms with van der Waals surface area (Å²) in [7, 11) is -3.13. The maximum atomic E-state index is 13.1. The van der Waals surface area contributed by atoms with Crippen molar-refractivity contribution in [2.24, 2.45) is 0 Å². The normalized spacial score (nSPS) is 17.9. The zero-order valence-corrected chi connectivity index (χ0v) is 17.2. The molecule has 3 aromatic rings. The highest BCUT2D eigenvalue weighted by Gasteiger charge is 2.35. The fraction of sp³-hybridized carbons (Fsp3) is 0.227. The molecule has 1 amide bonds. The standard InChI is InChI=1S/C22H20ClNO4S/c23-20-10-11-21(19-9-5-4-8-18(19)20)28-14-22(25)24(16-6-2-1-3-7-16)17-12-13-29(26,27)15-17/h1-11,17H,12-15H2/t17-/m1/s1. The quantitative estimate of drug-likeness (QED) is 0.612. The molecule has 0 aliphatic carbocycles. The Hall–Kier alpha value is -2.57. The Kier molecular flexibility index (Phi) is 5.48. The number of rotatable bonds is 5. The lowest BCUT2D eigenvalue weighted by atomic mass is 10.1. The molecule has 0 bridgehead atoms. The largest absolute Gasteiger partial charge is 0.483 e. The van der Waals surface area contributed by atoms with Crippen molar-refractivity contribution in [1.29, 1.82) is 0 Å². The third-order valence-corrected chi connectivity index (χ3v) is 7.14. The van der Waals surface area contributed by atoms with Gasteiger partial charge in [0.1, 0.15) is 5.75 Å². The van der Waals surface area contributed by atoms with Crippen molar-refractivity contribution in [1.82, 2.24) is 0 Å². The lowest BCUT2D eigenvalue weighted by Crippen LogP contribution is -2.43. The van der Waals surface area contributed by atoms with Gasteiger partial charge in [-0.05, 0) is 30.7 Å². The Labute approximate surface area is 174 Å². The molecule has 0 saturated carbocycles. The Morgan fingerprint density at radius 3 is 2.38 bits per heavy atom. The van der Waals surface area contributed by atoms with Gasteiger partial charge in [0, 0.05) is 21.5 Å². The zero-order valence-electron chi connectivity index (χ0n) is 15.6. The van der Waals surface area contributed by atoms with E-state index in [1.807, 2.05) is 42.5 Å². The lowest BCUT2D eigenvalue weighted by molar-refractivity contribution is -0.120. The maximum Gasteiger partial charge on any atom is 0.265 e. The SMILES string of the molecule is O=C(COc1ccc(Cl)c2ccccc12)N(c1ccccc1)[C@@H]1CCS(=O)(=O)C1. The van der Waals surface area contributed by atoms with Crippen molar-refractivity contribution in [3.63, 3.8) is 0 Å². The number of ether oxygens (including phenoxy) is 1. The van der Waals surface area contributed by atoms with Gasteiger partial charge >= 0.3 is 0 Å². The fourth-order valence-electron chi connectivity index (χ4n) is 3.70. The van der Waals surface area contributed by atoms with Gasteiger partial charge in [0.15, 0.2) is 16.4 Å². The Bertz CT molecular complexity index is 1150. The smallest absolute Gasteiger partial charge is 0.265 e. The number of benzene rings is 3. The van der Waals surface area contributed by atoms with Gasteiger partial charge in [-0.15, -0.1) is 0 Å². The summed E-state index contributed by atoms with van der Waals surface area (Å²) in [5.74, 6) is 0.344. The van der Waals surface area contributed by atoms with Gasteiger partial charge in [0.25, 0.3) is 5.91 Å². The summed E-state index contributed by atoms with van der Waals surface area (Å²) < 4.78 is 29.8. The van der Waals surface area contributed by atoms with Crippen LogP contribution in [0.5, 0.6) is 5.75 Å². The molecule has 0 radical (unpaired) electrons. The van der Waals surface area contributed by atoms with E-state index < -0.39 is 9.84 Å². The third kappa shape index (κ3) is 4.23. The van der Waals surface area contributed by atoms with Crippen LogP contribution >= 0.6 is 11.6 Å². The van der Waals surface area contributed by atoms with E-state index in [9.17, 15) is 13.2 Å². The minimum Gasteiger partial charge on any atom is -0.483 e. The van der Waals surface area contributed by atoms with Crippen LogP contribution in [-0.4, -0.2) is 38.5 Å². The van der Waals surface area contributed by atoms with Gasteiger partial charge in [-0.25, -0.2) is 8.42 Å². The molecule has 0 aromatic heterocycles. The molecular formula is C22H20ClNO4S. The molecule has 3 aromatic carbocycles. The number of anilines is 1. The Balaban J connectivity index is 1.59. The number of carbonyl (C=O) groups excluding carboxylic acids is 1. The number of hydrogen-bond acceptors (Lipinski definition) is 4. The van der Waals surface area contributed by atoms with E-state index in [4.69, 9.17) is 16.3 Å². The molecular weight excluding hydrogens is 410 g/mol. The van der Waals surface area contributed by atoms with Crippen molar-refractivity contribution in [3.05, 3.63) is 71.8 Å². The number of sulfone groups is 1. The summed E-state index contributed by atoms with van der Waals surface area (Å²) >= 11 is 6.25. The van der Waals surface area contributed by atoms with E-state index in [0.29, 0.717) is 22.9 Å². The first-order chi connectivity index (χ1) is 13.9. The van der Waals surface area contributed by atoms with E-state index in [1.165, 1.54) is 0 Å². The minimum atomic E-state index is -3.13. The van der Waals surface area contributed by atoms with Gasteiger partial charge in [-0.3, -0.25) is 4.79 Å². The van der Waals surface area contributed by atoms with Crippen LogP contribution in [0.1, 0.15) is 6.42 Å². The predicted molar refractivity (Wildman–Crippen MR) is 115 cm³/mol. The van der Waals surface area contributed by atoms with Gasteiger partial charge in [0.2, 0.25) is 0 Å². The first-order valence-electron chi connectivity index (χ1n) is 9.32. The third-order valence-electron chi connectivity index (χ3n) is 5.06. The number of para-hydroxylation sites is 1. The number of amides is 1. The molecule has 0 N–H and O–H groups in total. The number of nitrogens with zero attached hydrogens (tertiary/aromatic N) is 1. The highest BCUT2D eigenvalue weighted by molar-refractivity contribution is 7.91. The first-order valence-corrected chi connectivity index (χ1v) is 11.5. The van der Waals surface area contributed by atoms with Gasteiger partial charge in [-0.2, -0.15) is 0 Å². The summed E-state index contributed by atoms with van der Waals surface area (Å²) in [4.78, 5) is 14.7. The molecule has 7 heteroatoms. The van der Waals surface area contributed by atoms with E-state index in [2.05, 4.69) is 0 Å². The number of halogens is 1. The van der Waals surface area contributed by atoms with Crippen LogP contribution in [-0.2, 0) is 14.6 Å². The van der Waals surface area contributed by atoms with E-state index in [-0.39, 0.29) is 30.1 Å². The van der Waals surface area contributed by atoms with Crippen LogP contribution in [0, 0.1) is 0 Å². The molecule has 150 valence electrons. The lowest BCUT2D eigenvalue weighted by Gasteiger charge is -2.28. The van der Waals surface area contributed by atoms with Gasteiger partial charge in [-0.1, -0.05) is 54.1 Å². The second-order valence-corrected chi connectivity index (χ2v) is 9.67. The number of carbonyl (C=O) groups is 1. The predicted octanol–water partition coefficient (Wildman–Crippen LogP) is 4.09. The minimum absolute atomic E-state index is 0.0302. The molecule has 0 spiro atoms. The highest BCUT2D eigenvalue weighted by atomic mass is 35.5. The maximum absolute atomic E-state index is 13.1. The average Bonchev–Trinajstić information content (AvgIpc) is 3.08. The van der Waals surface area contributed by atoms with Gasteiger partial charge < -0.3 is 9.64 Å². The molecule has 1 aliphatic rings. The molecule has 0 unspecified atom stereocenters. The van der Waals surface area contributed by atoms with Crippen LogP contribution in [0.25, 0.3) is 10.8 Å². The molecule has 1 atom stereocenters. The second-order valence-electron chi connectivity index (χ2n) is 7.04. The molecule has 1 fully saturated rings. The molecule has 1 aliphatic heterocycles. The molecule has 29 heavy (non-hydrogen) atoms. The highest BCUT2D eigenvalue weighted by Crippen LogP contribution is 2.31. The van der Waals surface area contributed by atoms with Crippen LogP contribution < -0.4 is 9.64 Å². The van der Waals surface area contributed by atoms with Crippen LogP contribution in [0.3, 0.4) is 0 Å². The van der Waals surface area contributed by atoms with E-state index >= 15 is 0 Å². The summed E-state index contributed by atoms with van der Waals surface area (Å²) in [5, 5.41) is 2.28. The van der Waals surface area contributed by atoms with Gasteiger partial charge in [0.05, 0.1) is 17.5 Å². The summed E-state index contributed by atoms with van der Waals surface area (Å²) in [6, 6.07) is 19.8. The average molecular weight is 430 g/mol. The molecule has 4 rings (SSSR count). The Morgan fingerprint density at radius 2 is 1.69 bits per heavy atom. The van der Waals surface area contributed by atoms with E-state index in [1.54, 1.807) is 29.2 Å². The summed E-state index contributed by atoms with van der Waals surface area (Å²) in [6.07, 6.45) is 0.423. The monoisotopic (exact) mass is 429 g/mol. The van der Waals surface area contributed by atoms with Crippen LogP contribution in [0.2, 0.25) is 5.02 Å². The fourth-order valence-corrected chi connectivity index (χ4v) is 5.62. The first kappa shape index (κ1) is 19.7. The van der Waals surface area contributed by atoms with Crippen molar-refractivity contribution < 1.29 is 17.9 Å². The van der Waals surface area contributed by atoms with Crippen molar-refractivity contribution >= 4 is 43.8 Å². The summed E-state index contributed by atoms with van der Waals surface area (Å²) in [5.41, 5.74) is 0.671. The van der Waals surface area contributed by atoms with Crippen LogP contribution in [0.4, 0.5) is 5.69 Å². The topological polar surface area (TPSA) is 63.7 Å². The second kappa shape index (κ2) is 8.05. The molecule has 1 heterocycles. The number of fused-ring (bicyclic) bond motifs is 1. The molecule has 5 nitrogen and oxygen atoms in total. The zero-order chi connectivity index (χ0) is 20.4. The molecule has 1 saturated heterocycles. The number of hydrogen-bond donors (Lipinski definition) is 0. The summed E-state index contributed by atoms with van der Waals surface area (Å²) in [6.45, 7) is -0.197. The van der Waals surface area contributed by atoms with Crippen molar-refractivity contribution in [3.8, 4) is 5.75 Å². The Morgan fingerprint density at radius 1 is 1.00 bits per heavy atom. The van der Waals surface area contributed by atoms with Crippen molar-refractivity contribution in [2.75, 3.05) is 23.0 Å². The van der Waals surface area contributed by atoms with Crippen LogP contribution in [0.15, 0.2) is 66.7 Å². The van der Waals surface area contributed by atoms with E-state index in [0.717, 1.165) is 10.8 Å². The van der Waals surface area contributed by atoms with Crippen molar-refractivity contribution in [2.45, 2.75) is 12.5 Å².